The van der Waals surface area contributed by atoms with Gasteiger partial charge in [-0.05, 0) is 44.1 Å². The summed E-state index contributed by atoms with van der Waals surface area (Å²) in [6.07, 6.45) is 8.26. The number of nitrogens with zero attached hydrogens (tertiary/aromatic N) is 2. The van der Waals surface area contributed by atoms with E-state index in [4.69, 9.17) is 14.2 Å². The SMILES string of the molecule is C=CCCC(=O)N[C@@H](COC)[C@@H](OC(=O)[C@@H]1[C@@H]2CC[C@]3(O2)[C@H](C(=O)N(CC=C)CCCC)N(CCCCCCO)C(=O)[C@@H]13)c1ccccc1. The summed E-state index contributed by atoms with van der Waals surface area (Å²) < 4.78 is 18.4. The second-order valence-electron chi connectivity index (χ2n) is 13.4. The number of methoxy groups -OCH3 is 1. The number of carbonyl (C=O) groups is 4. The molecular formula is C38H55N3O8. The molecule has 270 valence electrons. The van der Waals surface area contributed by atoms with Gasteiger partial charge in [0.2, 0.25) is 17.7 Å². The lowest BCUT2D eigenvalue weighted by atomic mass is 9.70. The molecule has 3 fully saturated rings. The number of nitrogens with one attached hydrogen (secondary N) is 1. The van der Waals surface area contributed by atoms with Crippen LogP contribution in [-0.4, -0.2) is 102 Å². The van der Waals surface area contributed by atoms with E-state index in [2.05, 4.69) is 25.4 Å². The molecule has 3 aliphatic rings. The summed E-state index contributed by atoms with van der Waals surface area (Å²) in [5, 5.41) is 12.2. The first-order valence-electron chi connectivity index (χ1n) is 17.9. The number of aliphatic hydroxyl groups is 1. The summed E-state index contributed by atoms with van der Waals surface area (Å²) in [4.78, 5) is 59.5. The fourth-order valence-electron chi connectivity index (χ4n) is 7.78. The number of hydrogen-bond acceptors (Lipinski definition) is 8. The first kappa shape index (κ1) is 38.3. The lowest BCUT2D eigenvalue weighted by Crippen LogP contribution is -2.56. The summed E-state index contributed by atoms with van der Waals surface area (Å²) in [6, 6.07) is 7.61. The standard InChI is InChI=1S/C38H55N3O8/c1-5-8-19-30(43)39-28(26-47-4)33(27-17-13-12-14-18-27)48-37(46)31-29-20-21-38(49-29)32(31)35(44)41(24-15-10-11-16-25-42)34(38)36(45)40(22-7-3)23-9-6-2/h5,7,12-14,17-18,28-29,31-34,42H,1,3,6,8-11,15-16,19-26H2,2,4H3,(H,39,43)/t28-,29-,31+,32+,33-,34-,38+/m0/s1. The van der Waals surface area contributed by atoms with Crippen molar-refractivity contribution in [3.05, 3.63) is 61.2 Å². The van der Waals surface area contributed by atoms with Crippen LogP contribution in [0.2, 0.25) is 0 Å². The predicted molar refractivity (Wildman–Crippen MR) is 185 cm³/mol. The lowest BCUT2D eigenvalue weighted by molar-refractivity contribution is -0.163. The quantitative estimate of drug-likeness (QED) is 0.106. The van der Waals surface area contributed by atoms with Gasteiger partial charge in [0, 0.05) is 39.8 Å². The number of unbranched alkanes of at least 4 members (excludes halogenated alkanes) is 4. The normalized spacial score (nSPS) is 25.0. The van der Waals surface area contributed by atoms with Crippen LogP contribution in [-0.2, 0) is 33.4 Å². The summed E-state index contributed by atoms with van der Waals surface area (Å²) in [5.74, 6) is -3.05. The molecule has 0 radical (unpaired) electrons. The summed E-state index contributed by atoms with van der Waals surface area (Å²) >= 11 is 0. The molecule has 3 saturated heterocycles. The molecule has 3 aliphatic heterocycles. The van der Waals surface area contributed by atoms with Crippen molar-refractivity contribution in [1.82, 2.24) is 15.1 Å². The molecule has 49 heavy (non-hydrogen) atoms. The Morgan fingerprint density at radius 1 is 1.14 bits per heavy atom. The number of likely N-dealkylation sites (tertiary alicyclic amines) is 1. The molecule has 11 heteroatoms. The third-order valence-corrected chi connectivity index (χ3v) is 10.1. The van der Waals surface area contributed by atoms with Crippen LogP contribution in [0, 0.1) is 11.8 Å². The van der Waals surface area contributed by atoms with Crippen LogP contribution in [0.5, 0.6) is 0 Å². The third-order valence-electron chi connectivity index (χ3n) is 10.1. The molecular weight excluding hydrogens is 626 g/mol. The number of aliphatic hydroxyl groups excluding tert-OH is 1. The van der Waals surface area contributed by atoms with Gasteiger partial charge in [0.1, 0.15) is 17.7 Å². The molecule has 11 nitrogen and oxygen atoms in total. The van der Waals surface area contributed by atoms with Gasteiger partial charge in [-0.25, -0.2) is 0 Å². The number of hydrogen-bond donors (Lipinski definition) is 2. The number of rotatable bonds is 22. The van der Waals surface area contributed by atoms with Gasteiger partial charge in [0.25, 0.3) is 0 Å². The topological polar surface area (TPSA) is 135 Å². The Balaban J connectivity index is 1.66. The van der Waals surface area contributed by atoms with E-state index < -0.39 is 47.7 Å². The molecule has 0 aliphatic carbocycles. The van der Waals surface area contributed by atoms with E-state index in [-0.39, 0.29) is 37.4 Å². The highest BCUT2D eigenvalue weighted by Crippen LogP contribution is 2.59. The number of allylic oxidation sites excluding steroid dienone is 1. The van der Waals surface area contributed by atoms with Crippen LogP contribution in [0.3, 0.4) is 0 Å². The van der Waals surface area contributed by atoms with Crippen molar-refractivity contribution >= 4 is 23.7 Å². The molecule has 1 aromatic carbocycles. The Bertz CT molecular complexity index is 1290. The third kappa shape index (κ3) is 8.61. The van der Waals surface area contributed by atoms with Crippen LogP contribution in [0.4, 0.5) is 0 Å². The summed E-state index contributed by atoms with van der Waals surface area (Å²) in [5.41, 5.74) is -0.473. The maximum absolute atomic E-state index is 14.5. The van der Waals surface area contributed by atoms with Gasteiger partial charge in [-0.2, -0.15) is 0 Å². The van der Waals surface area contributed by atoms with Crippen LogP contribution < -0.4 is 5.32 Å². The number of esters is 1. The average Bonchev–Trinajstić information content (AvgIpc) is 3.75. The van der Waals surface area contributed by atoms with E-state index in [9.17, 15) is 24.3 Å². The highest BCUT2D eigenvalue weighted by Gasteiger charge is 2.75. The largest absolute Gasteiger partial charge is 0.455 e. The maximum atomic E-state index is 14.5. The van der Waals surface area contributed by atoms with Gasteiger partial charge < -0.3 is 34.4 Å². The van der Waals surface area contributed by atoms with Crippen molar-refractivity contribution in [2.45, 2.75) is 101 Å². The van der Waals surface area contributed by atoms with Crippen molar-refractivity contribution < 1.29 is 38.5 Å². The van der Waals surface area contributed by atoms with Crippen molar-refractivity contribution in [1.29, 1.82) is 0 Å². The van der Waals surface area contributed by atoms with Crippen LogP contribution >= 0.6 is 0 Å². The Kier molecular flexibility index (Phi) is 14.4. The molecule has 4 rings (SSSR count). The highest BCUT2D eigenvalue weighted by molar-refractivity contribution is 5.98. The van der Waals surface area contributed by atoms with Crippen molar-refractivity contribution in [2.24, 2.45) is 11.8 Å². The zero-order valence-electron chi connectivity index (χ0n) is 29.2. The van der Waals surface area contributed by atoms with E-state index in [1.807, 2.05) is 30.3 Å². The first-order chi connectivity index (χ1) is 23.8. The zero-order chi connectivity index (χ0) is 35.4. The van der Waals surface area contributed by atoms with Gasteiger partial charge in [-0.15, -0.1) is 13.2 Å². The number of carbonyl (C=O) groups excluding carboxylic acids is 4. The van der Waals surface area contributed by atoms with Gasteiger partial charge in [-0.1, -0.05) is 68.7 Å². The van der Waals surface area contributed by atoms with Crippen molar-refractivity contribution in [3.8, 4) is 0 Å². The minimum Gasteiger partial charge on any atom is -0.455 e. The van der Waals surface area contributed by atoms with E-state index in [0.29, 0.717) is 57.3 Å². The van der Waals surface area contributed by atoms with Gasteiger partial charge >= 0.3 is 5.97 Å². The maximum Gasteiger partial charge on any atom is 0.313 e. The minimum absolute atomic E-state index is 0.0844. The average molecular weight is 682 g/mol. The molecule has 7 atom stereocenters. The number of fused-ring (bicyclic) bond motifs is 1. The second-order valence-corrected chi connectivity index (χ2v) is 13.4. The van der Waals surface area contributed by atoms with Gasteiger partial charge in [-0.3, -0.25) is 19.2 Å². The van der Waals surface area contributed by atoms with E-state index in [1.165, 1.54) is 7.11 Å². The van der Waals surface area contributed by atoms with Gasteiger partial charge in [0.05, 0.1) is 30.6 Å². The highest BCUT2D eigenvalue weighted by atomic mass is 16.6. The smallest absolute Gasteiger partial charge is 0.313 e. The number of amides is 3. The molecule has 1 aromatic rings. The lowest BCUT2D eigenvalue weighted by Gasteiger charge is -2.37. The summed E-state index contributed by atoms with van der Waals surface area (Å²) in [6.45, 7) is 11.0. The molecule has 0 saturated carbocycles. The van der Waals surface area contributed by atoms with Crippen molar-refractivity contribution in [3.63, 3.8) is 0 Å². The van der Waals surface area contributed by atoms with Crippen LogP contribution in [0.1, 0.15) is 82.8 Å². The molecule has 1 spiro atoms. The molecule has 2 N–H and O–H groups in total. The van der Waals surface area contributed by atoms with Crippen molar-refractivity contribution in [2.75, 3.05) is 40.0 Å². The predicted octanol–water partition coefficient (Wildman–Crippen LogP) is 4.11. The van der Waals surface area contributed by atoms with E-state index >= 15 is 0 Å². The van der Waals surface area contributed by atoms with E-state index in [0.717, 1.165) is 25.7 Å². The second kappa shape index (κ2) is 18.5. The Morgan fingerprint density at radius 3 is 2.57 bits per heavy atom. The first-order valence-corrected chi connectivity index (χ1v) is 17.9. The fourth-order valence-corrected chi connectivity index (χ4v) is 7.78. The number of benzene rings is 1. The summed E-state index contributed by atoms with van der Waals surface area (Å²) in [7, 11) is 1.52. The zero-order valence-corrected chi connectivity index (χ0v) is 29.2. The molecule has 0 unspecified atom stereocenters. The Morgan fingerprint density at radius 2 is 1.90 bits per heavy atom. The Hall–Kier alpha value is -3.54. The van der Waals surface area contributed by atoms with Crippen LogP contribution in [0.25, 0.3) is 0 Å². The molecule has 3 amide bonds. The Labute approximate surface area is 291 Å². The van der Waals surface area contributed by atoms with Gasteiger partial charge in [0.15, 0.2) is 0 Å². The molecule has 2 bridgehead atoms. The number of ether oxygens (including phenoxy) is 3. The fraction of sp³-hybridized carbons (Fsp3) is 0.632. The van der Waals surface area contributed by atoms with Crippen LogP contribution in [0.15, 0.2) is 55.6 Å². The minimum atomic E-state index is -1.15. The monoisotopic (exact) mass is 681 g/mol. The van der Waals surface area contributed by atoms with E-state index in [1.54, 1.807) is 22.0 Å². The molecule has 3 heterocycles. The molecule has 0 aromatic heterocycles.